The molecule has 36 heavy (non-hydrogen) atoms. The van der Waals surface area contributed by atoms with E-state index in [0.717, 1.165) is 37.9 Å². The van der Waals surface area contributed by atoms with Crippen molar-refractivity contribution in [2.45, 2.75) is 31.3 Å². The van der Waals surface area contributed by atoms with Gasteiger partial charge in [-0.3, -0.25) is 4.79 Å². The number of unbranched alkanes of at least 4 members (excludes halogenated alkanes) is 1. The third-order valence-corrected chi connectivity index (χ3v) is 7.26. The van der Waals surface area contributed by atoms with Crippen LogP contribution in [0.15, 0.2) is 78.9 Å². The molecule has 192 valence electrons. The number of methoxy groups -OCH3 is 2. The lowest BCUT2D eigenvalue weighted by Crippen LogP contribution is -3.14. The molecule has 0 aliphatic carbocycles. The lowest BCUT2D eigenvalue weighted by Gasteiger charge is -2.42. The molecular weight excluding hydrogens is 474 g/mol. The number of quaternary nitrogens is 1. The van der Waals surface area contributed by atoms with Crippen LogP contribution in [0.3, 0.4) is 0 Å². The molecule has 1 fully saturated rings. The van der Waals surface area contributed by atoms with Crippen molar-refractivity contribution in [3.63, 3.8) is 0 Å². The van der Waals surface area contributed by atoms with Gasteiger partial charge in [-0.05, 0) is 54.7 Å². The summed E-state index contributed by atoms with van der Waals surface area (Å²) >= 11 is 0. The van der Waals surface area contributed by atoms with E-state index < -0.39 is 11.5 Å². The minimum Gasteiger partial charge on any atom is -1.00 e. The summed E-state index contributed by atoms with van der Waals surface area (Å²) in [5.41, 5.74) is 1.42. The second-order valence-electron chi connectivity index (χ2n) is 9.45. The van der Waals surface area contributed by atoms with Crippen molar-refractivity contribution in [2.24, 2.45) is 5.92 Å². The van der Waals surface area contributed by atoms with Gasteiger partial charge in [0.25, 0.3) is 0 Å². The molecule has 2 N–H and O–H groups in total. The molecule has 0 aromatic heterocycles. The Balaban J connectivity index is 0.00000361. The predicted molar refractivity (Wildman–Crippen MR) is 137 cm³/mol. The molecule has 0 saturated carbocycles. The summed E-state index contributed by atoms with van der Waals surface area (Å²) in [6.07, 6.45) is 3.78. The number of aliphatic hydroxyl groups is 1. The van der Waals surface area contributed by atoms with E-state index in [9.17, 15) is 9.90 Å². The first-order valence-corrected chi connectivity index (χ1v) is 12.5. The highest BCUT2D eigenvalue weighted by molar-refractivity contribution is 5.99. The third kappa shape index (κ3) is 6.47. The number of benzene rings is 3. The molecular formula is C30H36ClNO4. The second-order valence-corrected chi connectivity index (χ2v) is 9.45. The van der Waals surface area contributed by atoms with Gasteiger partial charge in [-0.15, -0.1) is 0 Å². The van der Waals surface area contributed by atoms with E-state index in [1.54, 1.807) is 20.3 Å². The molecule has 3 aromatic rings. The average molecular weight is 510 g/mol. The van der Waals surface area contributed by atoms with Crippen LogP contribution in [0, 0.1) is 5.92 Å². The van der Waals surface area contributed by atoms with Crippen LogP contribution in [0.2, 0.25) is 0 Å². The van der Waals surface area contributed by atoms with Gasteiger partial charge < -0.3 is 31.9 Å². The van der Waals surface area contributed by atoms with E-state index >= 15 is 0 Å². The molecule has 1 aliphatic rings. The van der Waals surface area contributed by atoms with Gasteiger partial charge >= 0.3 is 0 Å². The Bertz CT molecular complexity index is 1120. The van der Waals surface area contributed by atoms with Crippen LogP contribution >= 0.6 is 0 Å². The molecule has 3 atom stereocenters. The molecule has 4 rings (SSSR count). The van der Waals surface area contributed by atoms with Crippen molar-refractivity contribution < 1.29 is 36.7 Å². The number of aryl methyl sites for hydroxylation is 1. The maximum atomic E-state index is 13.8. The van der Waals surface area contributed by atoms with E-state index in [1.807, 2.05) is 48.5 Å². The van der Waals surface area contributed by atoms with Gasteiger partial charge in [-0.25, -0.2) is 0 Å². The van der Waals surface area contributed by atoms with Crippen LogP contribution < -0.4 is 26.8 Å². The molecule has 1 aliphatic heterocycles. The topological polar surface area (TPSA) is 60.2 Å². The Kier molecular flexibility index (Phi) is 9.94. The number of likely N-dealkylation sites (tertiary alicyclic amines) is 1. The summed E-state index contributed by atoms with van der Waals surface area (Å²) in [7, 11) is 3.21. The van der Waals surface area contributed by atoms with Gasteiger partial charge in [0, 0.05) is 12.0 Å². The lowest BCUT2D eigenvalue weighted by atomic mass is 9.72. The third-order valence-electron chi connectivity index (χ3n) is 7.26. The van der Waals surface area contributed by atoms with E-state index in [-0.39, 0.29) is 18.2 Å². The fraction of sp³-hybridized carbons (Fsp3) is 0.367. The number of ketones is 1. The number of nitrogens with one attached hydrogen (secondary N) is 1. The summed E-state index contributed by atoms with van der Waals surface area (Å²) in [4.78, 5) is 15.2. The standard InChI is InChI=1S/C30H35NO4.ClH/c1-34-26-15-8-13-24(20-26)29(32)28-22-31(18-7-6-12-23-10-4-3-5-11-23)19-17-30(28,33)25-14-9-16-27(21-25)35-2;/h3-5,8-11,13-16,20-21,28,33H,6-7,12,17-19,22H2,1-2H3;1H. The monoisotopic (exact) mass is 509 g/mol. The number of hydrogen-bond acceptors (Lipinski definition) is 4. The number of Topliss-reactive ketones (excluding diaryl/α,β-unsaturated/α-hetero) is 1. The Hall–Kier alpha value is -2.86. The minimum absolute atomic E-state index is 0. The Labute approximate surface area is 220 Å². The molecule has 3 unspecified atom stereocenters. The molecule has 0 spiro atoms. The number of carbonyl (C=O) groups excluding carboxylic acids is 1. The Morgan fingerprint density at radius 2 is 1.64 bits per heavy atom. The minimum atomic E-state index is -1.25. The van der Waals surface area contributed by atoms with Crippen LogP contribution in [0.1, 0.15) is 40.7 Å². The first-order chi connectivity index (χ1) is 17.0. The average Bonchev–Trinajstić information content (AvgIpc) is 2.92. The van der Waals surface area contributed by atoms with Crippen molar-refractivity contribution in [1.82, 2.24) is 0 Å². The van der Waals surface area contributed by atoms with Gasteiger partial charge in [-0.2, -0.15) is 0 Å². The highest BCUT2D eigenvalue weighted by Gasteiger charge is 2.49. The molecule has 1 heterocycles. The molecule has 0 bridgehead atoms. The van der Waals surface area contributed by atoms with Crippen LogP contribution in [0.25, 0.3) is 0 Å². The van der Waals surface area contributed by atoms with Crippen molar-refractivity contribution in [3.8, 4) is 11.5 Å². The summed E-state index contributed by atoms with van der Waals surface area (Å²) in [5, 5.41) is 12.0. The molecule has 6 heteroatoms. The quantitative estimate of drug-likeness (QED) is 0.312. The number of carbonyl (C=O) groups is 1. The molecule has 1 saturated heterocycles. The summed E-state index contributed by atoms with van der Waals surface area (Å²) in [6, 6.07) is 25.3. The van der Waals surface area contributed by atoms with Crippen molar-refractivity contribution in [1.29, 1.82) is 0 Å². The zero-order valence-electron chi connectivity index (χ0n) is 21.1. The maximum Gasteiger partial charge on any atom is 0.174 e. The normalized spacial score (nSPS) is 21.3. The second kappa shape index (κ2) is 12.9. The van der Waals surface area contributed by atoms with Crippen LogP contribution in [-0.2, 0) is 12.0 Å². The lowest BCUT2D eigenvalue weighted by molar-refractivity contribution is -0.911. The highest BCUT2D eigenvalue weighted by Crippen LogP contribution is 2.37. The predicted octanol–water partition coefficient (Wildman–Crippen LogP) is 0.706. The van der Waals surface area contributed by atoms with E-state index in [4.69, 9.17) is 9.47 Å². The summed E-state index contributed by atoms with van der Waals surface area (Å²) in [5.74, 6) is 0.719. The maximum absolute atomic E-state index is 13.8. The van der Waals surface area contributed by atoms with Crippen molar-refractivity contribution in [2.75, 3.05) is 33.9 Å². The van der Waals surface area contributed by atoms with E-state index in [2.05, 4.69) is 24.3 Å². The largest absolute Gasteiger partial charge is 1.00 e. The first kappa shape index (κ1) is 27.7. The smallest absolute Gasteiger partial charge is 0.174 e. The SMILES string of the molecule is COc1cccc(C(=O)C2C[NH+](CCCCc3ccccc3)CCC2(O)c2cccc(OC)c2)c1.[Cl-]. The van der Waals surface area contributed by atoms with Gasteiger partial charge in [0.15, 0.2) is 5.78 Å². The van der Waals surface area contributed by atoms with Gasteiger partial charge in [0.2, 0.25) is 0 Å². The fourth-order valence-corrected chi connectivity index (χ4v) is 5.20. The zero-order chi connectivity index (χ0) is 24.7. The van der Waals surface area contributed by atoms with Crippen molar-refractivity contribution >= 4 is 5.78 Å². The van der Waals surface area contributed by atoms with Crippen molar-refractivity contribution in [3.05, 3.63) is 95.6 Å². The number of hydrogen-bond donors (Lipinski definition) is 2. The molecule has 3 aromatic carbocycles. The Morgan fingerprint density at radius 3 is 2.36 bits per heavy atom. The zero-order valence-corrected chi connectivity index (χ0v) is 21.8. The molecule has 0 radical (unpaired) electrons. The number of rotatable bonds is 10. The number of halogens is 1. The van der Waals surface area contributed by atoms with Gasteiger partial charge in [0.1, 0.15) is 23.0 Å². The number of ether oxygens (including phenoxy) is 2. The highest BCUT2D eigenvalue weighted by atomic mass is 35.5. The van der Waals surface area contributed by atoms with Crippen LogP contribution in [-0.4, -0.2) is 44.7 Å². The van der Waals surface area contributed by atoms with Crippen LogP contribution in [0.5, 0.6) is 11.5 Å². The van der Waals surface area contributed by atoms with E-state index in [0.29, 0.717) is 30.0 Å². The van der Waals surface area contributed by atoms with Gasteiger partial charge in [0.05, 0.1) is 33.9 Å². The first-order valence-electron chi connectivity index (χ1n) is 12.5. The Morgan fingerprint density at radius 1 is 0.944 bits per heavy atom. The number of piperidine rings is 1. The summed E-state index contributed by atoms with van der Waals surface area (Å²) < 4.78 is 10.8. The molecule has 0 amide bonds. The molecule has 5 nitrogen and oxygen atoms in total. The van der Waals surface area contributed by atoms with Crippen LogP contribution in [0.4, 0.5) is 0 Å². The van der Waals surface area contributed by atoms with Gasteiger partial charge in [-0.1, -0.05) is 54.6 Å². The summed E-state index contributed by atoms with van der Waals surface area (Å²) in [6.45, 7) is 2.40. The fourth-order valence-electron chi connectivity index (χ4n) is 5.20. The van der Waals surface area contributed by atoms with E-state index in [1.165, 1.54) is 10.5 Å².